The molecule has 0 bridgehead atoms. The highest BCUT2D eigenvalue weighted by atomic mass is 35.5. The Labute approximate surface area is 147 Å². The van der Waals surface area contributed by atoms with E-state index < -0.39 is 0 Å². The number of halogens is 2. The van der Waals surface area contributed by atoms with Crippen LogP contribution in [-0.4, -0.2) is 25.8 Å². The van der Waals surface area contributed by atoms with Crippen LogP contribution in [0.1, 0.15) is 12.5 Å². The molecule has 2 aromatic carbocycles. The molecule has 0 N–H and O–H groups in total. The predicted octanol–water partition coefficient (Wildman–Crippen LogP) is 4.48. The number of aromatic nitrogens is 3. The van der Waals surface area contributed by atoms with Crippen LogP contribution in [0.15, 0.2) is 58.8 Å². The van der Waals surface area contributed by atoms with Gasteiger partial charge >= 0.3 is 0 Å². The van der Waals surface area contributed by atoms with Crippen molar-refractivity contribution in [3.63, 3.8) is 0 Å². The number of hydrogen-bond donors (Lipinski definition) is 0. The molecule has 0 amide bonds. The van der Waals surface area contributed by atoms with Crippen molar-refractivity contribution in [2.75, 3.05) is 0 Å². The molecule has 1 aliphatic rings. The van der Waals surface area contributed by atoms with Gasteiger partial charge in [-0.3, -0.25) is 0 Å². The molecule has 24 heavy (non-hydrogen) atoms. The number of nitrogens with zero attached hydrogens (tertiary/aromatic N) is 4. The molecule has 0 unspecified atom stereocenters. The summed E-state index contributed by atoms with van der Waals surface area (Å²) in [6, 6.07) is 13.7. The maximum absolute atomic E-state index is 13.2. The molecule has 0 saturated carbocycles. The molecule has 7 heteroatoms. The zero-order valence-electron chi connectivity index (χ0n) is 12.6. The summed E-state index contributed by atoms with van der Waals surface area (Å²) in [6.45, 7) is 2.05. The van der Waals surface area contributed by atoms with Gasteiger partial charge in [0.2, 0.25) is 5.16 Å². The first-order valence-electron chi connectivity index (χ1n) is 7.34. The number of thioether (sulfide) groups is 1. The SMILES string of the molecule is C[C@@H]1Sc2nnc(-c3ccc(Cl)cc3)n2N=C1c1ccc(F)cc1. The molecular formula is C17H12ClFN4S. The van der Waals surface area contributed by atoms with E-state index in [1.165, 1.54) is 12.1 Å². The van der Waals surface area contributed by atoms with Crippen LogP contribution in [0.5, 0.6) is 0 Å². The summed E-state index contributed by atoms with van der Waals surface area (Å²) >= 11 is 7.52. The topological polar surface area (TPSA) is 43.1 Å². The second-order valence-electron chi connectivity index (χ2n) is 5.38. The van der Waals surface area contributed by atoms with Crippen molar-refractivity contribution in [2.45, 2.75) is 17.3 Å². The minimum Gasteiger partial charge on any atom is -0.207 e. The zero-order valence-corrected chi connectivity index (χ0v) is 14.2. The van der Waals surface area contributed by atoms with Crippen molar-refractivity contribution in [2.24, 2.45) is 5.10 Å². The van der Waals surface area contributed by atoms with Gasteiger partial charge in [-0.1, -0.05) is 35.5 Å². The van der Waals surface area contributed by atoms with Gasteiger partial charge < -0.3 is 0 Å². The Morgan fingerprint density at radius 1 is 1.00 bits per heavy atom. The molecule has 4 nitrogen and oxygen atoms in total. The molecule has 0 fully saturated rings. The highest BCUT2D eigenvalue weighted by Crippen LogP contribution is 2.33. The summed E-state index contributed by atoms with van der Waals surface area (Å²) < 4.78 is 14.9. The van der Waals surface area contributed by atoms with Gasteiger partial charge in [-0.05, 0) is 48.9 Å². The standard InChI is InChI=1S/C17H12ClFN4S/c1-10-15(11-4-8-14(19)9-5-11)22-23-16(20-21-17(23)24-10)12-2-6-13(18)7-3-12/h2-10H,1H3/t10-/m0/s1. The lowest BCUT2D eigenvalue weighted by molar-refractivity contribution is 0.627. The first-order chi connectivity index (χ1) is 11.6. The molecule has 0 spiro atoms. The van der Waals surface area contributed by atoms with Crippen LogP contribution in [0.2, 0.25) is 5.02 Å². The summed E-state index contributed by atoms with van der Waals surface area (Å²) in [5.74, 6) is 0.392. The fraction of sp³-hybridized carbons (Fsp3) is 0.118. The minimum absolute atomic E-state index is 0.102. The normalized spacial score (nSPS) is 16.6. The van der Waals surface area contributed by atoms with Gasteiger partial charge in [-0.15, -0.1) is 10.2 Å². The van der Waals surface area contributed by atoms with E-state index in [4.69, 9.17) is 16.7 Å². The fourth-order valence-corrected chi connectivity index (χ4v) is 3.58. The molecule has 2 heterocycles. The first kappa shape index (κ1) is 15.4. The van der Waals surface area contributed by atoms with Gasteiger partial charge in [0.1, 0.15) is 5.82 Å². The highest BCUT2D eigenvalue weighted by molar-refractivity contribution is 8.00. The van der Waals surface area contributed by atoms with Crippen molar-refractivity contribution < 1.29 is 4.39 Å². The van der Waals surface area contributed by atoms with Gasteiger partial charge in [-0.2, -0.15) is 9.78 Å². The third kappa shape index (κ3) is 2.72. The monoisotopic (exact) mass is 358 g/mol. The lowest BCUT2D eigenvalue weighted by atomic mass is 10.1. The van der Waals surface area contributed by atoms with Gasteiger partial charge in [-0.25, -0.2) is 4.39 Å². The Balaban J connectivity index is 1.81. The largest absolute Gasteiger partial charge is 0.213 e. The van der Waals surface area contributed by atoms with E-state index in [0.29, 0.717) is 10.8 Å². The van der Waals surface area contributed by atoms with E-state index in [2.05, 4.69) is 10.2 Å². The average Bonchev–Trinajstić information content (AvgIpc) is 2.98. The Morgan fingerprint density at radius 3 is 2.38 bits per heavy atom. The van der Waals surface area contributed by atoms with Gasteiger partial charge in [0.15, 0.2) is 5.82 Å². The number of hydrogen-bond acceptors (Lipinski definition) is 4. The number of benzene rings is 2. The lowest BCUT2D eigenvalue weighted by Crippen LogP contribution is -2.21. The van der Waals surface area contributed by atoms with Crippen molar-refractivity contribution in [3.05, 3.63) is 64.9 Å². The summed E-state index contributed by atoms with van der Waals surface area (Å²) in [4.78, 5) is 0. The quantitative estimate of drug-likeness (QED) is 0.678. The third-order valence-corrected chi connectivity index (χ3v) is 5.02. The van der Waals surface area contributed by atoms with E-state index in [1.807, 2.05) is 31.2 Å². The maximum Gasteiger partial charge on any atom is 0.213 e. The highest BCUT2D eigenvalue weighted by Gasteiger charge is 2.26. The molecule has 0 saturated heterocycles. The summed E-state index contributed by atoms with van der Waals surface area (Å²) in [5, 5.41) is 14.7. The van der Waals surface area contributed by atoms with Crippen molar-refractivity contribution in [3.8, 4) is 11.4 Å². The second kappa shape index (κ2) is 6.03. The molecule has 1 aromatic heterocycles. The van der Waals surface area contributed by atoms with Crippen LogP contribution < -0.4 is 0 Å². The van der Waals surface area contributed by atoms with Crippen molar-refractivity contribution >= 4 is 29.1 Å². The molecule has 4 rings (SSSR count). The molecule has 0 radical (unpaired) electrons. The molecule has 0 aliphatic carbocycles. The minimum atomic E-state index is -0.262. The van der Waals surface area contributed by atoms with Crippen molar-refractivity contribution in [1.82, 2.24) is 14.9 Å². The van der Waals surface area contributed by atoms with E-state index in [0.717, 1.165) is 22.0 Å². The van der Waals surface area contributed by atoms with Crippen LogP contribution in [0, 0.1) is 5.82 Å². The van der Waals surface area contributed by atoms with E-state index in [-0.39, 0.29) is 11.1 Å². The second-order valence-corrected chi connectivity index (χ2v) is 7.12. The lowest BCUT2D eigenvalue weighted by Gasteiger charge is -2.19. The molecule has 1 aliphatic heterocycles. The van der Waals surface area contributed by atoms with Crippen molar-refractivity contribution in [1.29, 1.82) is 0 Å². The third-order valence-electron chi connectivity index (χ3n) is 3.73. The molecule has 1 atom stereocenters. The Kier molecular flexibility index (Phi) is 3.86. The fourth-order valence-electron chi connectivity index (χ4n) is 2.52. The van der Waals surface area contributed by atoms with E-state index >= 15 is 0 Å². The number of fused-ring (bicyclic) bond motifs is 1. The predicted molar refractivity (Wildman–Crippen MR) is 94.1 cm³/mol. The van der Waals surface area contributed by atoms with E-state index in [9.17, 15) is 4.39 Å². The molecule has 3 aromatic rings. The van der Waals surface area contributed by atoms with Gasteiger partial charge in [0.25, 0.3) is 0 Å². The maximum atomic E-state index is 13.2. The van der Waals surface area contributed by atoms with Crippen LogP contribution in [0.25, 0.3) is 11.4 Å². The Bertz CT molecular complexity index is 919. The smallest absolute Gasteiger partial charge is 0.207 e. The molecular weight excluding hydrogens is 347 g/mol. The summed E-state index contributed by atoms with van der Waals surface area (Å²) in [5.41, 5.74) is 2.64. The van der Waals surface area contributed by atoms with E-state index in [1.54, 1.807) is 28.6 Å². The van der Waals surface area contributed by atoms with Crippen LogP contribution >= 0.6 is 23.4 Å². The van der Waals surface area contributed by atoms with Gasteiger partial charge in [0.05, 0.1) is 11.0 Å². The molecule has 120 valence electrons. The first-order valence-corrected chi connectivity index (χ1v) is 8.60. The average molecular weight is 359 g/mol. The van der Waals surface area contributed by atoms with Crippen LogP contribution in [-0.2, 0) is 0 Å². The van der Waals surface area contributed by atoms with Crippen LogP contribution in [0.4, 0.5) is 4.39 Å². The summed E-state index contributed by atoms with van der Waals surface area (Å²) in [7, 11) is 0. The Hall–Kier alpha value is -2.18. The summed E-state index contributed by atoms with van der Waals surface area (Å²) in [6.07, 6.45) is 0. The zero-order chi connectivity index (χ0) is 16.7. The number of rotatable bonds is 2. The van der Waals surface area contributed by atoms with Gasteiger partial charge in [0, 0.05) is 10.6 Å². The van der Waals surface area contributed by atoms with Crippen LogP contribution in [0.3, 0.4) is 0 Å². The Morgan fingerprint density at radius 2 is 1.67 bits per heavy atom.